The summed E-state index contributed by atoms with van der Waals surface area (Å²) in [5.41, 5.74) is 0.770. The first-order valence-corrected chi connectivity index (χ1v) is 4.53. The molecule has 7 heteroatoms. The Bertz CT molecular complexity index is 523. The highest BCUT2D eigenvalue weighted by atomic mass is 16.3. The summed E-state index contributed by atoms with van der Waals surface area (Å²) in [5, 5.41) is 20.2. The molecule has 0 bridgehead atoms. The third-order valence-corrected chi connectivity index (χ3v) is 1.79. The number of benzene rings is 1. The maximum atomic E-state index is 11.0. The topological polar surface area (TPSA) is 100 Å². The molecule has 1 aromatic carbocycles. The van der Waals surface area contributed by atoms with Crippen molar-refractivity contribution in [2.75, 3.05) is 10.3 Å². The molecule has 0 radical (unpaired) electrons. The number of hydrogen-bond acceptors (Lipinski definition) is 4. The number of carbonyl (C=O) groups is 1. The molecule has 0 saturated heterocycles. The van der Waals surface area contributed by atoms with Gasteiger partial charge in [-0.25, -0.2) is 0 Å². The van der Waals surface area contributed by atoms with Crippen LogP contribution in [-0.4, -0.2) is 10.8 Å². The molecule has 17 heavy (non-hydrogen) atoms. The minimum absolute atomic E-state index is 0.145. The first-order valence-electron chi connectivity index (χ1n) is 4.53. The minimum Gasteiger partial charge on any atom is -0.326 e. The van der Waals surface area contributed by atoms with E-state index in [4.69, 9.17) is 10.5 Å². The Morgan fingerprint density at radius 1 is 1.35 bits per heavy atom. The quantitative estimate of drug-likeness (QED) is 0.363. The van der Waals surface area contributed by atoms with Gasteiger partial charge in [-0.2, -0.15) is 5.26 Å². The lowest BCUT2D eigenvalue weighted by Gasteiger charge is -2.06. The Labute approximate surface area is 97.0 Å². The second-order valence-electron chi connectivity index (χ2n) is 3.01. The van der Waals surface area contributed by atoms with Crippen LogP contribution < -0.4 is 10.3 Å². The molecule has 0 saturated carbocycles. The Morgan fingerprint density at radius 2 is 1.94 bits per heavy atom. The summed E-state index contributed by atoms with van der Waals surface area (Å²) in [6, 6.07) is 5.92. The van der Waals surface area contributed by atoms with Crippen molar-refractivity contribution < 1.29 is 9.66 Å². The van der Waals surface area contributed by atoms with Crippen LogP contribution >= 0.6 is 0 Å². The van der Waals surface area contributed by atoms with Crippen molar-refractivity contribution in [3.05, 3.63) is 29.2 Å². The van der Waals surface area contributed by atoms with E-state index in [1.807, 2.05) is 0 Å². The number of carbonyl (C=O) groups excluding carboxylic acids is 1. The second kappa shape index (κ2) is 5.24. The molecule has 0 fully saturated rings. The molecule has 7 nitrogen and oxygen atoms in total. The lowest BCUT2D eigenvalue weighted by atomic mass is 10.3. The zero-order valence-electron chi connectivity index (χ0n) is 8.91. The van der Waals surface area contributed by atoms with Gasteiger partial charge in [0.2, 0.25) is 12.1 Å². The van der Waals surface area contributed by atoms with E-state index >= 15 is 0 Å². The predicted octanol–water partition coefficient (Wildman–Crippen LogP) is 1.11. The molecule has 0 aliphatic heterocycles. The fraction of sp³-hybridized carbons (Fsp3) is 0.100. The van der Waals surface area contributed by atoms with Crippen molar-refractivity contribution in [1.82, 2.24) is 0 Å². The van der Waals surface area contributed by atoms with Crippen molar-refractivity contribution in [3.8, 4) is 12.4 Å². The molecule has 0 spiro atoms. The molecule has 0 heterocycles. The first-order chi connectivity index (χ1) is 8.08. The number of anilines is 2. The highest BCUT2D eigenvalue weighted by Crippen LogP contribution is 2.17. The Kier molecular flexibility index (Phi) is 3.74. The minimum atomic E-state index is -0.225. The lowest BCUT2D eigenvalue weighted by molar-refractivity contribution is -0.464. The van der Waals surface area contributed by atoms with Gasteiger partial charge in [0, 0.05) is 12.6 Å². The van der Waals surface area contributed by atoms with Crippen LogP contribution in [0.15, 0.2) is 24.3 Å². The smallest absolute Gasteiger partial charge is 0.326 e. The van der Waals surface area contributed by atoms with Crippen molar-refractivity contribution in [2.24, 2.45) is 0 Å². The summed E-state index contributed by atoms with van der Waals surface area (Å²) < 4.78 is 0. The monoisotopic (exact) mass is 230 g/mol. The van der Waals surface area contributed by atoms with Crippen LogP contribution in [0.5, 0.6) is 0 Å². The van der Waals surface area contributed by atoms with E-state index in [0.29, 0.717) is 10.7 Å². The second-order valence-corrected chi connectivity index (χ2v) is 3.01. The van der Waals surface area contributed by atoms with Crippen LogP contribution in [0.3, 0.4) is 0 Å². The Balaban J connectivity index is 2.95. The van der Waals surface area contributed by atoms with Gasteiger partial charge in [-0.3, -0.25) is 4.79 Å². The summed E-state index contributed by atoms with van der Waals surface area (Å²) in [6.45, 7) is 1.37. The third kappa shape index (κ3) is 3.01. The highest BCUT2D eigenvalue weighted by Gasteiger charge is 2.18. The highest BCUT2D eigenvalue weighted by molar-refractivity contribution is 5.88. The zero-order valence-corrected chi connectivity index (χ0v) is 8.91. The summed E-state index contributed by atoms with van der Waals surface area (Å²) >= 11 is 0. The lowest BCUT2D eigenvalue weighted by Crippen LogP contribution is -2.24. The van der Waals surface area contributed by atoms with E-state index in [1.54, 1.807) is 6.19 Å². The largest absolute Gasteiger partial charge is 0.529 e. The first kappa shape index (κ1) is 12.1. The van der Waals surface area contributed by atoms with Crippen molar-refractivity contribution in [3.63, 3.8) is 0 Å². The van der Waals surface area contributed by atoms with Gasteiger partial charge >= 0.3 is 6.19 Å². The van der Waals surface area contributed by atoms with Crippen LogP contribution in [0.25, 0.3) is 0 Å². The average molecular weight is 230 g/mol. The number of nitrogens with zero attached hydrogens (tertiary/aromatic N) is 4. The SMILES string of the molecule is CC(=O)Nc1ccc(N(C#N)[N+](=O)C#N)cc1. The van der Waals surface area contributed by atoms with Crippen molar-refractivity contribution >= 4 is 17.3 Å². The average Bonchev–Trinajstić information content (AvgIpc) is 2.31. The van der Waals surface area contributed by atoms with Crippen LogP contribution in [0, 0.1) is 27.8 Å². The van der Waals surface area contributed by atoms with E-state index in [0.717, 1.165) is 0 Å². The molecule has 0 unspecified atom stereocenters. The molecule has 1 aromatic rings. The maximum absolute atomic E-state index is 11.0. The molecule has 0 aromatic heterocycles. The number of nitroso groups, excluding NO2 is 1. The fourth-order valence-electron chi connectivity index (χ4n) is 1.14. The predicted molar refractivity (Wildman–Crippen MR) is 58.1 cm³/mol. The number of hydrazine groups is 1. The van der Waals surface area contributed by atoms with Gasteiger partial charge in [-0.1, -0.05) is 5.01 Å². The van der Waals surface area contributed by atoms with E-state index in [2.05, 4.69) is 5.32 Å². The summed E-state index contributed by atoms with van der Waals surface area (Å²) in [4.78, 5) is 21.6. The standard InChI is InChI=1S/C10H7N5O2/c1-8(16)13-9-2-4-10(5-3-9)14(6-11)15(17)7-12/h2-5H,1H3/p+1. The molecule has 84 valence electrons. The molecular formula is C10H8N5O2+. The Morgan fingerprint density at radius 3 is 2.35 bits per heavy atom. The van der Waals surface area contributed by atoms with Gasteiger partial charge < -0.3 is 5.32 Å². The third-order valence-electron chi connectivity index (χ3n) is 1.79. The molecule has 1 N–H and O–H groups in total. The van der Waals surface area contributed by atoms with Crippen molar-refractivity contribution in [2.45, 2.75) is 6.92 Å². The Hall–Kier alpha value is -2.93. The van der Waals surface area contributed by atoms with Crippen LogP contribution in [-0.2, 0) is 4.79 Å². The maximum Gasteiger partial charge on any atom is 0.529 e. The zero-order chi connectivity index (χ0) is 12.8. The van der Waals surface area contributed by atoms with E-state index < -0.39 is 0 Å². The van der Waals surface area contributed by atoms with Crippen LogP contribution in [0.4, 0.5) is 11.4 Å². The summed E-state index contributed by atoms with van der Waals surface area (Å²) in [6.07, 6.45) is 2.84. The fourth-order valence-corrected chi connectivity index (χ4v) is 1.14. The van der Waals surface area contributed by atoms with E-state index in [-0.39, 0.29) is 16.5 Å². The van der Waals surface area contributed by atoms with Gasteiger partial charge in [0.15, 0.2) is 10.1 Å². The molecule has 1 rings (SSSR count). The summed E-state index contributed by atoms with van der Waals surface area (Å²) in [5.74, 6) is -0.225. The van der Waals surface area contributed by atoms with Gasteiger partial charge in [-0.15, -0.1) is 0 Å². The molecule has 1 amide bonds. The summed E-state index contributed by atoms with van der Waals surface area (Å²) in [7, 11) is 0. The molecule has 0 aliphatic carbocycles. The van der Waals surface area contributed by atoms with Gasteiger partial charge in [0.1, 0.15) is 5.69 Å². The molecule has 0 atom stereocenters. The van der Waals surface area contributed by atoms with Gasteiger partial charge in [0.05, 0.1) is 0 Å². The van der Waals surface area contributed by atoms with Crippen LogP contribution in [0.1, 0.15) is 6.92 Å². The molecule has 0 aliphatic rings. The van der Waals surface area contributed by atoms with Gasteiger partial charge in [-0.05, 0) is 29.2 Å². The number of hydrogen-bond donors (Lipinski definition) is 1. The number of rotatable bonds is 3. The van der Waals surface area contributed by atoms with E-state index in [1.165, 1.54) is 37.4 Å². The number of nitriles is 2. The van der Waals surface area contributed by atoms with Crippen LogP contribution in [0.2, 0.25) is 0 Å². The molecular weight excluding hydrogens is 222 g/mol. The van der Waals surface area contributed by atoms with E-state index in [9.17, 15) is 9.70 Å². The van der Waals surface area contributed by atoms with Gasteiger partial charge in [0.25, 0.3) is 0 Å². The van der Waals surface area contributed by atoms with Crippen molar-refractivity contribution in [1.29, 1.82) is 10.5 Å². The number of nitrogens with one attached hydrogen (secondary N) is 1. The normalized spacial score (nSPS) is 8.65. The number of amides is 1.